The van der Waals surface area contributed by atoms with Gasteiger partial charge in [-0.3, -0.25) is 15.1 Å². The van der Waals surface area contributed by atoms with Gasteiger partial charge in [0.25, 0.3) is 5.91 Å². The van der Waals surface area contributed by atoms with Crippen LogP contribution in [0.4, 0.5) is 5.69 Å². The molecule has 1 heterocycles. The van der Waals surface area contributed by atoms with E-state index in [0.29, 0.717) is 10.9 Å². The van der Waals surface area contributed by atoms with E-state index in [1.165, 1.54) is 19.3 Å². The molecule has 1 atom stereocenters. The van der Waals surface area contributed by atoms with Gasteiger partial charge >= 0.3 is 0 Å². The summed E-state index contributed by atoms with van der Waals surface area (Å²) in [5, 5.41) is 7.37. The zero-order chi connectivity index (χ0) is 20.4. The molecule has 1 aliphatic heterocycles. The van der Waals surface area contributed by atoms with Gasteiger partial charge in [0, 0.05) is 21.7 Å². The Bertz CT molecular complexity index is 917. The van der Waals surface area contributed by atoms with Crippen LogP contribution in [0, 0.1) is 5.92 Å². The molecule has 0 radical (unpaired) electrons. The molecule has 0 spiro atoms. The molecule has 1 saturated carbocycles. The van der Waals surface area contributed by atoms with Crippen molar-refractivity contribution in [2.75, 3.05) is 5.32 Å². The molecule has 0 aromatic heterocycles. The van der Waals surface area contributed by atoms with Crippen LogP contribution in [-0.4, -0.2) is 23.3 Å². The van der Waals surface area contributed by atoms with Gasteiger partial charge in [0.05, 0.1) is 11.4 Å². The summed E-state index contributed by atoms with van der Waals surface area (Å²) in [6.07, 6.45) is 5.13. The highest BCUT2D eigenvalue weighted by Crippen LogP contribution is 2.36. The van der Waals surface area contributed by atoms with E-state index in [0.717, 1.165) is 35.4 Å². The van der Waals surface area contributed by atoms with Crippen molar-refractivity contribution in [3.05, 3.63) is 64.7 Å². The summed E-state index contributed by atoms with van der Waals surface area (Å²) in [6, 6.07) is 15.5. The number of benzodiazepines with no additional fused rings is 1. The third-order valence-electron chi connectivity index (χ3n) is 6.32. The molecule has 2 aromatic carbocycles. The van der Waals surface area contributed by atoms with Gasteiger partial charge < -0.3 is 5.32 Å². The molecule has 0 saturated heterocycles. The summed E-state index contributed by atoms with van der Waals surface area (Å²) in [4.78, 5) is 18.1. The van der Waals surface area contributed by atoms with Gasteiger partial charge in [0.1, 0.15) is 0 Å². The maximum absolute atomic E-state index is 13.2. The van der Waals surface area contributed by atoms with Gasteiger partial charge in [-0.2, -0.15) is 0 Å². The standard InChI is InChI=1S/C24H28ClN3O/c1-16(2)24(13-7-4-8-14-24)28-22-23(29)26-20-12-11-18(25)15-19(20)21(27-22)17-9-5-3-6-10-17/h3,5-6,9-12,15-16,22,28H,4,7-8,13-14H2,1-2H3,(H,26,29). The Kier molecular flexibility index (Phi) is 5.75. The van der Waals surface area contributed by atoms with Crippen molar-refractivity contribution in [2.24, 2.45) is 10.9 Å². The molecule has 29 heavy (non-hydrogen) atoms. The van der Waals surface area contributed by atoms with Crippen LogP contribution < -0.4 is 10.6 Å². The number of nitrogens with zero attached hydrogens (tertiary/aromatic N) is 1. The largest absolute Gasteiger partial charge is 0.322 e. The van der Waals surface area contributed by atoms with Gasteiger partial charge in [0.2, 0.25) is 0 Å². The van der Waals surface area contributed by atoms with E-state index in [-0.39, 0.29) is 11.4 Å². The third-order valence-corrected chi connectivity index (χ3v) is 6.56. The molecule has 1 amide bonds. The fraction of sp³-hybridized carbons (Fsp3) is 0.417. The molecule has 152 valence electrons. The van der Waals surface area contributed by atoms with Crippen LogP contribution in [0.5, 0.6) is 0 Å². The van der Waals surface area contributed by atoms with E-state index in [2.05, 4.69) is 24.5 Å². The first-order valence-electron chi connectivity index (χ1n) is 10.5. The summed E-state index contributed by atoms with van der Waals surface area (Å²) >= 11 is 6.29. The van der Waals surface area contributed by atoms with Crippen molar-refractivity contribution in [3.8, 4) is 0 Å². The minimum Gasteiger partial charge on any atom is -0.322 e. The molecule has 1 fully saturated rings. The van der Waals surface area contributed by atoms with Gasteiger partial charge in [-0.1, -0.05) is 75.0 Å². The lowest BCUT2D eigenvalue weighted by molar-refractivity contribution is -0.118. The topological polar surface area (TPSA) is 53.5 Å². The fourth-order valence-electron chi connectivity index (χ4n) is 4.55. The number of carbonyl (C=O) groups excluding carboxylic acids is 1. The van der Waals surface area contributed by atoms with Crippen molar-refractivity contribution in [1.29, 1.82) is 0 Å². The van der Waals surface area contributed by atoms with Crippen LogP contribution in [0.2, 0.25) is 5.02 Å². The Morgan fingerprint density at radius 3 is 2.52 bits per heavy atom. The Hall–Kier alpha value is -2.17. The molecule has 2 aromatic rings. The van der Waals surface area contributed by atoms with Crippen LogP contribution in [0.15, 0.2) is 53.5 Å². The summed E-state index contributed by atoms with van der Waals surface area (Å²) in [6.45, 7) is 4.48. The number of carbonyl (C=O) groups is 1. The molecule has 1 aliphatic carbocycles. The van der Waals surface area contributed by atoms with Gasteiger partial charge in [-0.15, -0.1) is 0 Å². The van der Waals surface area contributed by atoms with Crippen molar-refractivity contribution in [3.63, 3.8) is 0 Å². The Morgan fingerprint density at radius 1 is 1.10 bits per heavy atom. The monoisotopic (exact) mass is 409 g/mol. The van der Waals surface area contributed by atoms with E-state index in [4.69, 9.17) is 16.6 Å². The lowest BCUT2D eigenvalue weighted by atomic mass is 9.74. The number of halogens is 1. The number of hydrogen-bond acceptors (Lipinski definition) is 3. The number of benzene rings is 2. The molecular weight excluding hydrogens is 382 g/mol. The van der Waals surface area contributed by atoms with E-state index in [1.807, 2.05) is 42.5 Å². The average Bonchev–Trinajstić information content (AvgIpc) is 2.86. The normalized spacial score (nSPS) is 21.2. The second kappa shape index (κ2) is 8.29. The minimum atomic E-state index is -0.642. The number of amides is 1. The number of aliphatic imine (C=N–C) groups is 1. The highest BCUT2D eigenvalue weighted by molar-refractivity contribution is 6.32. The van der Waals surface area contributed by atoms with Crippen LogP contribution in [-0.2, 0) is 4.79 Å². The second-order valence-corrected chi connectivity index (χ2v) is 8.88. The number of nitrogens with one attached hydrogen (secondary N) is 2. The van der Waals surface area contributed by atoms with E-state index < -0.39 is 6.17 Å². The first-order valence-corrected chi connectivity index (χ1v) is 10.9. The van der Waals surface area contributed by atoms with Crippen molar-refractivity contribution >= 4 is 28.9 Å². The van der Waals surface area contributed by atoms with E-state index in [9.17, 15) is 4.79 Å². The average molecular weight is 410 g/mol. The molecular formula is C24H28ClN3O. The van der Waals surface area contributed by atoms with Gasteiger partial charge in [-0.25, -0.2) is 0 Å². The Balaban J connectivity index is 1.79. The van der Waals surface area contributed by atoms with Crippen molar-refractivity contribution in [1.82, 2.24) is 5.32 Å². The Labute approximate surface area is 177 Å². The number of fused-ring (bicyclic) bond motifs is 1. The van der Waals surface area contributed by atoms with Crippen LogP contribution in [0.25, 0.3) is 0 Å². The smallest absolute Gasteiger partial charge is 0.264 e. The summed E-state index contributed by atoms with van der Waals surface area (Å²) in [7, 11) is 0. The summed E-state index contributed by atoms with van der Waals surface area (Å²) in [5.41, 5.74) is 3.28. The summed E-state index contributed by atoms with van der Waals surface area (Å²) < 4.78 is 0. The first kappa shape index (κ1) is 20.1. The maximum Gasteiger partial charge on any atom is 0.264 e. The van der Waals surface area contributed by atoms with Crippen LogP contribution in [0.3, 0.4) is 0 Å². The first-order chi connectivity index (χ1) is 14.0. The molecule has 5 heteroatoms. The highest BCUT2D eigenvalue weighted by atomic mass is 35.5. The molecule has 2 N–H and O–H groups in total. The SMILES string of the molecule is CC(C)C1(NC2N=C(c3ccccc3)c3cc(Cl)ccc3NC2=O)CCCCC1. The minimum absolute atomic E-state index is 0.0697. The molecule has 0 bridgehead atoms. The number of hydrogen-bond donors (Lipinski definition) is 2. The second-order valence-electron chi connectivity index (χ2n) is 8.44. The van der Waals surface area contributed by atoms with Crippen LogP contribution >= 0.6 is 11.6 Å². The lowest BCUT2D eigenvalue weighted by Gasteiger charge is -2.43. The van der Waals surface area contributed by atoms with Crippen molar-refractivity contribution in [2.45, 2.75) is 57.7 Å². The molecule has 4 nitrogen and oxygen atoms in total. The number of rotatable bonds is 4. The molecule has 4 rings (SSSR count). The van der Waals surface area contributed by atoms with Gasteiger partial charge in [0.15, 0.2) is 6.17 Å². The van der Waals surface area contributed by atoms with Crippen LogP contribution in [0.1, 0.15) is 57.1 Å². The summed E-state index contributed by atoms with van der Waals surface area (Å²) in [5.74, 6) is 0.302. The predicted molar refractivity (Wildman–Crippen MR) is 120 cm³/mol. The zero-order valence-corrected chi connectivity index (χ0v) is 17.8. The quantitative estimate of drug-likeness (QED) is 0.709. The predicted octanol–water partition coefficient (Wildman–Crippen LogP) is 5.40. The fourth-order valence-corrected chi connectivity index (χ4v) is 4.72. The van der Waals surface area contributed by atoms with E-state index >= 15 is 0 Å². The highest BCUT2D eigenvalue weighted by Gasteiger charge is 2.39. The number of anilines is 1. The molecule has 1 unspecified atom stereocenters. The van der Waals surface area contributed by atoms with Crippen molar-refractivity contribution < 1.29 is 4.79 Å². The Morgan fingerprint density at radius 2 is 1.83 bits per heavy atom. The lowest BCUT2D eigenvalue weighted by Crippen LogP contribution is -2.57. The zero-order valence-electron chi connectivity index (χ0n) is 17.0. The van der Waals surface area contributed by atoms with E-state index in [1.54, 1.807) is 6.07 Å². The molecule has 2 aliphatic rings. The van der Waals surface area contributed by atoms with Gasteiger partial charge in [-0.05, 0) is 37.0 Å². The maximum atomic E-state index is 13.2. The third kappa shape index (κ3) is 4.10.